The summed E-state index contributed by atoms with van der Waals surface area (Å²) in [6.07, 6.45) is 0.832. The van der Waals surface area contributed by atoms with E-state index in [0.717, 1.165) is 17.3 Å². The van der Waals surface area contributed by atoms with E-state index in [1.807, 2.05) is 24.4 Å². The number of hydrogen-bond acceptors (Lipinski definition) is 4. The van der Waals surface area contributed by atoms with Crippen LogP contribution in [0.5, 0.6) is 0 Å². The van der Waals surface area contributed by atoms with Gasteiger partial charge in [0.1, 0.15) is 0 Å². The maximum Gasteiger partial charge on any atom is 0.347 e. The van der Waals surface area contributed by atoms with Gasteiger partial charge in [-0.2, -0.15) is 0 Å². The van der Waals surface area contributed by atoms with Crippen molar-refractivity contribution in [3.05, 3.63) is 35.4 Å². The van der Waals surface area contributed by atoms with Gasteiger partial charge in [-0.15, -0.1) is 0 Å². The molecule has 0 aromatic heterocycles. The van der Waals surface area contributed by atoms with Gasteiger partial charge in [0.2, 0.25) is 10.0 Å². The van der Waals surface area contributed by atoms with E-state index in [4.69, 9.17) is 0 Å². The summed E-state index contributed by atoms with van der Waals surface area (Å²) >= 11 is 0. The van der Waals surface area contributed by atoms with Crippen molar-refractivity contribution in [2.75, 3.05) is 0 Å². The fraction of sp³-hybridized carbons (Fsp3) is 0.250. The summed E-state index contributed by atoms with van der Waals surface area (Å²) in [5.41, 5.74) is 1.83. The number of aliphatic imine (C=N–C) groups is 1. The minimum atomic E-state index is -3.93. The maximum absolute atomic E-state index is 12.0. The van der Waals surface area contributed by atoms with Crippen LogP contribution in [0.2, 0.25) is 0 Å². The van der Waals surface area contributed by atoms with Crippen LogP contribution in [-0.2, 0) is 21.4 Å². The van der Waals surface area contributed by atoms with Crippen molar-refractivity contribution < 1.29 is 18.0 Å². The molecule has 1 aromatic rings. The molecule has 20 heavy (non-hydrogen) atoms. The lowest BCUT2D eigenvalue weighted by atomic mass is 10.2. The van der Waals surface area contributed by atoms with Crippen molar-refractivity contribution in [2.45, 2.75) is 18.7 Å². The third-order valence-electron chi connectivity index (χ3n) is 2.75. The predicted octanol–water partition coefficient (Wildman–Crippen LogP) is 0.104. The summed E-state index contributed by atoms with van der Waals surface area (Å²) in [6, 6.07) is 6.43. The van der Waals surface area contributed by atoms with Gasteiger partial charge in [0.15, 0.2) is 5.25 Å². The molecule has 0 saturated carbocycles. The summed E-state index contributed by atoms with van der Waals surface area (Å²) in [4.78, 5) is 25.6. The molecule has 0 bridgehead atoms. The molecule has 1 heterocycles. The molecule has 0 radical (unpaired) electrons. The fourth-order valence-electron chi connectivity index (χ4n) is 1.61. The first kappa shape index (κ1) is 14.4. The van der Waals surface area contributed by atoms with Crippen LogP contribution >= 0.6 is 0 Å². The van der Waals surface area contributed by atoms with Gasteiger partial charge < -0.3 is 0 Å². The molecule has 0 aliphatic carbocycles. The zero-order valence-corrected chi connectivity index (χ0v) is 11.5. The van der Waals surface area contributed by atoms with Crippen LogP contribution in [-0.4, -0.2) is 31.8 Å². The zero-order chi connectivity index (χ0) is 14.8. The highest BCUT2D eigenvalue weighted by atomic mass is 32.2. The number of sulfonamides is 1. The lowest BCUT2D eigenvalue weighted by Gasteiger charge is -2.16. The maximum atomic E-state index is 12.0. The molecule has 2 N–H and O–H groups in total. The number of rotatable bonds is 4. The highest BCUT2D eigenvalue weighted by Crippen LogP contribution is 2.06. The van der Waals surface area contributed by atoms with E-state index < -0.39 is 27.2 Å². The molecule has 8 heteroatoms. The summed E-state index contributed by atoms with van der Waals surface area (Å²) in [6.45, 7) is 1.99. The third-order valence-corrected chi connectivity index (χ3v) is 4.30. The number of carbonyl (C=O) groups is 2. The predicted molar refractivity (Wildman–Crippen MR) is 72.8 cm³/mol. The monoisotopic (exact) mass is 295 g/mol. The molecule has 0 saturated heterocycles. The Morgan fingerprint density at radius 1 is 1.25 bits per heavy atom. The number of imide groups is 1. The Balaban J connectivity index is 2.08. The van der Waals surface area contributed by atoms with Gasteiger partial charge in [-0.3, -0.25) is 10.1 Å². The minimum absolute atomic E-state index is 0.0637. The molecule has 106 valence electrons. The van der Waals surface area contributed by atoms with Gasteiger partial charge in [-0.05, 0) is 12.5 Å². The Bertz CT molecular complexity index is 664. The van der Waals surface area contributed by atoms with Gasteiger partial charge in [0, 0.05) is 12.8 Å². The Labute approximate surface area is 116 Å². The van der Waals surface area contributed by atoms with Crippen LogP contribution in [0.25, 0.3) is 0 Å². The normalized spacial score (nSPS) is 18.9. The lowest BCUT2D eigenvalue weighted by molar-refractivity contribution is -0.118. The van der Waals surface area contributed by atoms with E-state index >= 15 is 0 Å². The van der Waals surface area contributed by atoms with Gasteiger partial charge in [0.25, 0.3) is 5.91 Å². The molecule has 1 unspecified atom stereocenters. The van der Waals surface area contributed by atoms with Crippen LogP contribution in [0.4, 0.5) is 4.79 Å². The SMILES string of the molecule is Cc1ccc(CNS(=O)(=O)C2C=NC(=O)NC2=O)cc1. The molecule has 0 spiro atoms. The van der Waals surface area contributed by atoms with Crippen molar-refractivity contribution in [1.82, 2.24) is 10.0 Å². The van der Waals surface area contributed by atoms with Gasteiger partial charge in [-0.1, -0.05) is 29.8 Å². The van der Waals surface area contributed by atoms with Crippen LogP contribution in [0.3, 0.4) is 0 Å². The Morgan fingerprint density at radius 3 is 2.50 bits per heavy atom. The number of nitrogens with zero attached hydrogens (tertiary/aromatic N) is 1. The third kappa shape index (κ3) is 3.28. The number of aryl methyl sites for hydroxylation is 1. The summed E-state index contributed by atoms with van der Waals surface area (Å²) in [7, 11) is -3.93. The van der Waals surface area contributed by atoms with Crippen molar-refractivity contribution in [2.24, 2.45) is 4.99 Å². The van der Waals surface area contributed by atoms with E-state index in [1.165, 1.54) is 0 Å². The van der Waals surface area contributed by atoms with Crippen molar-refractivity contribution in [3.8, 4) is 0 Å². The molecule has 2 rings (SSSR count). The number of urea groups is 1. The highest BCUT2D eigenvalue weighted by Gasteiger charge is 2.34. The second-order valence-electron chi connectivity index (χ2n) is 4.34. The minimum Gasteiger partial charge on any atom is -0.275 e. The molecule has 1 aliphatic heterocycles. The van der Waals surface area contributed by atoms with Crippen LogP contribution < -0.4 is 10.0 Å². The number of hydrogen-bond donors (Lipinski definition) is 2. The summed E-state index contributed by atoms with van der Waals surface area (Å²) < 4.78 is 26.3. The summed E-state index contributed by atoms with van der Waals surface area (Å²) in [5, 5.41) is 0.351. The van der Waals surface area contributed by atoms with E-state index in [2.05, 4.69) is 9.71 Å². The Kier molecular flexibility index (Phi) is 3.96. The van der Waals surface area contributed by atoms with Gasteiger partial charge in [-0.25, -0.2) is 22.9 Å². The van der Waals surface area contributed by atoms with Gasteiger partial charge in [0.05, 0.1) is 0 Å². The van der Waals surface area contributed by atoms with Crippen LogP contribution in [0.15, 0.2) is 29.3 Å². The molecule has 1 atom stereocenters. The molecule has 0 fully saturated rings. The highest BCUT2D eigenvalue weighted by molar-refractivity contribution is 7.91. The molecule has 7 nitrogen and oxygen atoms in total. The largest absolute Gasteiger partial charge is 0.347 e. The quantitative estimate of drug-likeness (QED) is 0.822. The zero-order valence-electron chi connectivity index (χ0n) is 10.7. The number of carbonyl (C=O) groups excluding carboxylic acids is 2. The molecular weight excluding hydrogens is 282 g/mol. The Hall–Kier alpha value is -2.06. The second kappa shape index (κ2) is 5.51. The van der Waals surface area contributed by atoms with Gasteiger partial charge >= 0.3 is 6.03 Å². The first-order valence-electron chi connectivity index (χ1n) is 5.81. The molecule has 1 aliphatic rings. The van der Waals surface area contributed by atoms with Crippen molar-refractivity contribution >= 4 is 28.2 Å². The topological polar surface area (TPSA) is 105 Å². The molecular formula is C12H13N3O4S. The van der Waals surface area contributed by atoms with Crippen molar-refractivity contribution in [3.63, 3.8) is 0 Å². The summed E-state index contributed by atoms with van der Waals surface area (Å²) in [5.74, 6) is -0.901. The second-order valence-corrected chi connectivity index (χ2v) is 6.23. The lowest BCUT2D eigenvalue weighted by Crippen LogP contribution is -2.50. The first-order valence-corrected chi connectivity index (χ1v) is 7.36. The van der Waals surface area contributed by atoms with E-state index in [-0.39, 0.29) is 6.54 Å². The standard InChI is InChI=1S/C12H13N3O4S/c1-8-2-4-9(5-3-8)6-14-20(18,19)10-7-13-12(17)15-11(10)16/h2-5,7,10,14H,6H2,1H3,(H,15,16,17). The van der Waals surface area contributed by atoms with E-state index in [0.29, 0.717) is 0 Å². The molecule has 3 amide bonds. The smallest absolute Gasteiger partial charge is 0.275 e. The fourth-order valence-corrected chi connectivity index (χ4v) is 2.72. The molecule has 1 aromatic carbocycles. The van der Waals surface area contributed by atoms with Crippen LogP contribution in [0, 0.1) is 6.92 Å². The van der Waals surface area contributed by atoms with E-state index in [1.54, 1.807) is 12.1 Å². The number of benzene rings is 1. The number of amides is 3. The van der Waals surface area contributed by atoms with Crippen molar-refractivity contribution in [1.29, 1.82) is 0 Å². The Morgan fingerprint density at radius 2 is 1.90 bits per heavy atom. The average molecular weight is 295 g/mol. The number of nitrogens with one attached hydrogen (secondary N) is 2. The van der Waals surface area contributed by atoms with Crippen LogP contribution in [0.1, 0.15) is 11.1 Å². The first-order chi connectivity index (χ1) is 9.38. The average Bonchev–Trinajstić information content (AvgIpc) is 2.37. The van der Waals surface area contributed by atoms with E-state index in [9.17, 15) is 18.0 Å².